The molecule has 0 fully saturated rings. The molecule has 0 heterocycles. The average Bonchev–Trinajstić information content (AvgIpc) is 2.85. The Morgan fingerprint density at radius 2 is 0.900 bits per heavy atom. The van der Waals surface area contributed by atoms with Crippen LogP contribution in [0.5, 0.6) is 0 Å². The molecule has 6 N–H and O–H groups in total. The van der Waals surface area contributed by atoms with Crippen LogP contribution in [0.4, 0.5) is 0 Å². The van der Waals surface area contributed by atoms with Gasteiger partial charge in [-0.25, -0.2) is 0 Å². The molecule has 2 atom stereocenters. The van der Waals surface area contributed by atoms with Crippen LogP contribution in [0.15, 0.2) is 60.7 Å². The number of nitrogens with one attached hydrogen (secondary N) is 2. The minimum atomic E-state index is -1.43. The summed E-state index contributed by atoms with van der Waals surface area (Å²) in [6, 6.07) is 15.4. The second-order valence-corrected chi connectivity index (χ2v) is 8.21. The number of carbonyl (C=O) groups excluding carboxylic acids is 6. The molecule has 0 spiro atoms. The van der Waals surface area contributed by atoms with Gasteiger partial charge in [0.2, 0.25) is 23.6 Å². The monoisotopic (exact) mass is 572 g/mol. The molecule has 0 aliphatic carbocycles. The van der Waals surface area contributed by atoms with E-state index in [1.54, 1.807) is 48.5 Å². The van der Waals surface area contributed by atoms with Crippen molar-refractivity contribution in [1.82, 2.24) is 10.6 Å². The van der Waals surface area contributed by atoms with Crippen molar-refractivity contribution in [3.05, 3.63) is 71.8 Å². The maximum Gasteiger partial charge on any atom is 1.00 e. The molecule has 0 radical (unpaired) electrons. The number of carbonyl (C=O) groups is 6. The number of hydrogen-bond acceptors (Lipinski definition) is 8. The number of aliphatic carboxylic acids is 2. The number of amides is 4. The van der Waals surface area contributed by atoms with Gasteiger partial charge in [0.25, 0.3) is 0 Å². The van der Waals surface area contributed by atoms with Crippen molar-refractivity contribution in [2.24, 2.45) is 11.5 Å². The van der Waals surface area contributed by atoms with Gasteiger partial charge in [0.1, 0.15) is 0 Å². The van der Waals surface area contributed by atoms with Crippen LogP contribution in [0.2, 0.25) is 0 Å². The molecule has 4 amide bonds. The summed E-state index contributed by atoms with van der Waals surface area (Å²) >= 11 is 0. The van der Waals surface area contributed by atoms with Crippen molar-refractivity contribution in [3.8, 4) is 0 Å². The number of rotatable bonds is 14. The van der Waals surface area contributed by atoms with Crippen molar-refractivity contribution >= 4 is 35.6 Å². The SMILES string of the molecule is NC(=O)CC[C@H](NC(=O)Cc1ccccc1)C(=O)[O-].NC(=O)CC[C@H](NC(=O)Cc1ccccc1)C(=O)[O-].[Na+].[Na+]. The maximum atomic E-state index is 11.7. The molecule has 40 heavy (non-hydrogen) atoms. The molecular formula is C26H30N4Na2O8. The van der Waals surface area contributed by atoms with Crippen molar-refractivity contribution in [1.29, 1.82) is 0 Å². The van der Waals surface area contributed by atoms with Crippen molar-refractivity contribution < 1.29 is 98.1 Å². The fraction of sp³-hybridized carbons (Fsp3) is 0.308. The standard InChI is InChI=1S/2C13H16N2O4.2Na/c2*14-11(16)7-6-10(13(18)19)15-12(17)8-9-4-2-1-3-5-9;;/h2*1-5,10H,6-8H2,(H2,14,16)(H,15,17)(H,18,19);;/q;;2*+1/p-2/t2*10-;;/m00../s1. The van der Waals surface area contributed by atoms with Gasteiger partial charge in [-0.15, -0.1) is 0 Å². The van der Waals surface area contributed by atoms with E-state index in [2.05, 4.69) is 10.6 Å². The average molecular weight is 573 g/mol. The first-order chi connectivity index (χ1) is 18.0. The van der Waals surface area contributed by atoms with Crippen LogP contribution in [0, 0.1) is 0 Å². The fourth-order valence-electron chi connectivity index (χ4n) is 3.12. The largest absolute Gasteiger partial charge is 1.00 e. The minimum Gasteiger partial charge on any atom is -0.548 e. The molecule has 0 unspecified atom stereocenters. The van der Waals surface area contributed by atoms with E-state index in [4.69, 9.17) is 11.5 Å². The molecular weight excluding hydrogens is 542 g/mol. The van der Waals surface area contributed by atoms with Crippen LogP contribution in [0.3, 0.4) is 0 Å². The second kappa shape index (κ2) is 22.0. The predicted octanol–water partition coefficient (Wildman–Crippen LogP) is -8.53. The van der Waals surface area contributed by atoms with Gasteiger partial charge in [0.15, 0.2) is 0 Å². The van der Waals surface area contributed by atoms with Crippen LogP contribution in [-0.2, 0) is 41.6 Å². The number of primary amides is 2. The van der Waals surface area contributed by atoms with E-state index < -0.39 is 47.7 Å². The Labute approximate surface area is 276 Å². The topological polar surface area (TPSA) is 225 Å². The summed E-state index contributed by atoms with van der Waals surface area (Å²) in [4.78, 5) is 66.1. The maximum absolute atomic E-state index is 11.7. The second-order valence-electron chi connectivity index (χ2n) is 8.21. The van der Waals surface area contributed by atoms with Gasteiger partial charge in [-0.3, -0.25) is 19.2 Å². The minimum absolute atomic E-state index is 0. The van der Waals surface area contributed by atoms with Gasteiger partial charge in [-0.05, 0) is 24.0 Å². The third-order valence-corrected chi connectivity index (χ3v) is 5.01. The molecule has 204 valence electrons. The van der Waals surface area contributed by atoms with Crippen LogP contribution >= 0.6 is 0 Å². The van der Waals surface area contributed by atoms with E-state index in [-0.39, 0.29) is 97.6 Å². The molecule has 2 aromatic rings. The van der Waals surface area contributed by atoms with Crippen molar-refractivity contribution in [2.45, 2.75) is 50.6 Å². The molecule has 14 heteroatoms. The van der Waals surface area contributed by atoms with Crippen LogP contribution in [0.25, 0.3) is 0 Å². The van der Waals surface area contributed by atoms with Crippen LogP contribution in [-0.4, -0.2) is 47.7 Å². The molecule has 2 aromatic carbocycles. The first-order valence-corrected chi connectivity index (χ1v) is 11.6. The summed E-state index contributed by atoms with van der Waals surface area (Å²) in [5, 5.41) is 26.3. The molecule has 0 saturated heterocycles. The zero-order chi connectivity index (χ0) is 28.5. The molecule has 0 aliphatic rings. The number of nitrogens with two attached hydrogens (primary N) is 2. The molecule has 0 aromatic heterocycles. The molecule has 0 saturated carbocycles. The Hall–Kier alpha value is -2.74. The number of hydrogen-bond donors (Lipinski definition) is 4. The Balaban J connectivity index is 0. The van der Waals surface area contributed by atoms with E-state index in [1.807, 2.05) is 12.1 Å². The predicted molar refractivity (Wildman–Crippen MR) is 131 cm³/mol. The van der Waals surface area contributed by atoms with Gasteiger partial charge in [-0.1, -0.05) is 60.7 Å². The summed E-state index contributed by atoms with van der Waals surface area (Å²) in [7, 11) is 0. The Bertz CT molecular complexity index is 1020. The van der Waals surface area contributed by atoms with Gasteiger partial charge < -0.3 is 41.9 Å². The molecule has 2 rings (SSSR count). The fourth-order valence-corrected chi connectivity index (χ4v) is 3.12. The third kappa shape index (κ3) is 18.5. The number of carboxylic acids is 2. The van der Waals surface area contributed by atoms with E-state index in [0.717, 1.165) is 11.1 Å². The summed E-state index contributed by atoms with van der Waals surface area (Å²) in [5.74, 6) is -4.98. The van der Waals surface area contributed by atoms with Crippen LogP contribution < -0.4 is 91.4 Å². The number of benzene rings is 2. The Kier molecular flexibility index (Phi) is 21.7. The molecule has 12 nitrogen and oxygen atoms in total. The summed E-state index contributed by atoms with van der Waals surface area (Å²) in [6.07, 6.45) is -0.243. The first-order valence-electron chi connectivity index (χ1n) is 11.6. The van der Waals surface area contributed by atoms with E-state index in [9.17, 15) is 39.0 Å². The quantitative estimate of drug-likeness (QED) is 0.159. The van der Waals surface area contributed by atoms with E-state index in [0.29, 0.717) is 0 Å². The van der Waals surface area contributed by atoms with Gasteiger partial charge >= 0.3 is 59.1 Å². The van der Waals surface area contributed by atoms with Gasteiger partial charge in [0.05, 0.1) is 36.9 Å². The van der Waals surface area contributed by atoms with E-state index >= 15 is 0 Å². The zero-order valence-corrected chi connectivity index (χ0v) is 26.6. The zero-order valence-electron chi connectivity index (χ0n) is 22.6. The molecule has 0 aliphatic heterocycles. The summed E-state index contributed by atoms with van der Waals surface area (Å²) in [5.41, 5.74) is 11.4. The van der Waals surface area contributed by atoms with Crippen LogP contribution in [0.1, 0.15) is 36.8 Å². The van der Waals surface area contributed by atoms with Gasteiger partial charge in [0, 0.05) is 12.8 Å². The van der Waals surface area contributed by atoms with Crippen molar-refractivity contribution in [2.75, 3.05) is 0 Å². The smallest absolute Gasteiger partial charge is 0.548 e. The summed E-state index contributed by atoms with van der Waals surface area (Å²) in [6.45, 7) is 0. The first kappa shape index (κ1) is 39.4. The summed E-state index contributed by atoms with van der Waals surface area (Å²) < 4.78 is 0. The number of carboxylic acid groups (broad SMARTS) is 2. The van der Waals surface area contributed by atoms with E-state index in [1.165, 1.54) is 0 Å². The Morgan fingerprint density at radius 1 is 0.600 bits per heavy atom. The Morgan fingerprint density at radius 3 is 1.15 bits per heavy atom. The molecule has 0 bridgehead atoms. The normalized spacial score (nSPS) is 11.0. The van der Waals surface area contributed by atoms with Crippen molar-refractivity contribution in [3.63, 3.8) is 0 Å². The third-order valence-electron chi connectivity index (χ3n) is 5.01. The van der Waals surface area contributed by atoms with Gasteiger partial charge in [-0.2, -0.15) is 0 Å².